The van der Waals surface area contributed by atoms with Crippen molar-refractivity contribution in [2.75, 3.05) is 23.9 Å². The van der Waals surface area contributed by atoms with Gasteiger partial charge in [-0.2, -0.15) is 16.9 Å². The first kappa shape index (κ1) is 13.9. The van der Waals surface area contributed by atoms with Crippen molar-refractivity contribution in [1.29, 1.82) is 0 Å². The lowest BCUT2D eigenvalue weighted by atomic mass is 10.1. The van der Waals surface area contributed by atoms with Crippen LogP contribution in [0, 0.1) is 6.92 Å². The highest BCUT2D eigenvalue weighted by Gasteiger charge is 2.19. The fraction of sp³-hybridized carbons (Fsp3) is 0.545. The number of aromatic nitrogens is 4. The van der Waals surface area contributed by atoms with Crippen molar-refractivity contribution in [3.8, 4) is 0 Å². The molecule has 7 nitrogen and oxygen atoms in total. The number of aliphatic hydroxyl groups is 1. The van der Waals surface area contributed by atoms with E-state index in [0.717, 1.165) is 0 Å². The second kappa shape index (κ2) is 5.22. The molecule has 8 heteroatoms. The molecule has 2 aromatic heterocycles. The highest BCUT2D eigenvalue weighted by atomic mass is 32.2. The third-order valence-electron chi connectivity index (χ3n) is 2.68. The molecule has 0 saturated heterocycles. The van der Waals surface area contributed by atoms with E-state index in [1.807, 2.05) is 6.26 Å². The average Bonchev–Trinajstić information content (AvgIpc) is 2.69. The SMILES string of the molecule is CSCC(C)(O)CNc1cc2n[nH]c(=O)n2c(C)n1. The Morgan fingerprint density at radius 3 is 3.05 bits per heavy atom. The van der Waals surface area contributed by atoms with Gasteiger partial charge < -0.3 is 10.4 Å². The van der Waals surface area contributed by atoms with E-state index in [9.17, 15) is 9.90 Å². The summed E-state index contributed by atoms with van der Waals surface area (Å²) in [5.74, 6) is 1.76. The van der Waals surface area contributed by atoms with Gasteiger partial charge in [0.05, 0.1) is 5.60 Å². The Morgan fingerprint density at radius 1 is 1.63 bits per heavy atom. The largest absolute Gasteiger partial charge is 0.387 e. The predicted molar refractivity (Wildman–Crippen MR) is 75.8 cm³/mol. The van der Waals surface area contributed by atoms with E-state index < -0.39 is 5.60 Å². The standard InChI is InChI=1S/C11H17N5O2S/c1-7-13-8(12-5-11(2,18)6-19-3)4-9-14-15-10(17)16(7)9/h4,12,18H,5-6H2,1-3H3,(H,15,17). The van der Waals surface area contributed by atoms with Crippen molar-refractivity contribution in [2.45, 2.75) is 19.4 Å². The van der Waals surface area contributed by atoms with E-state index in [1.54, 1.807) is 31.7 Å². The van der Waals surface area contributed by atoms with E-state index >= 15 is 0 Å². The van der Waals surface area contributed by atoms with Gasteiger partial charge in [-0.25, -0.2) is 19.3 Å². The minimum absolute atomic E-state index is 0.305. The molecule has 0 aliphatic carbocycles. The van der Waals surface area contributed by atoms with Gasteiger partial charge in [0.25, 0.3) is 0 Å². The lowest BCUT2D eigenvalue weighted by Crippen LogP contribution is -2.36. The number of nitrogens with zero attached hydrogens (tertiary/aromatic N) is 3. The number of hydrogen-bond donors (Lipinski definition) is 3. The molecule has 0 aliphatic rings. The molecule has 2 rings (SSSR count). The minimum Gasteiger partial charge on any atom is -0.387 e. The lowest BCUT2D eigenvalue weighted by Gasteiger charge is -2.22. The highest BCUT2D eigenvalue weighted by molar-refractivity contribution is 7.98. The summed E-state index contributed by atoms with van der Waals surface area (Å²) < 4.78 is 1.39. The summed E-state index contributed by atoms with van der Waals surface area (Å²) in [4.78, 5) is 15.7. The summed E-state index contributed by atoms with van der Waals surface area (Å²) in [6.45, 7) is 3.88. The van der Waals surface area contributed by atoms with Crippen LogP contribution in [0.25, 0.3) is 5.65 Å². The summed E-state index contributed by atoms with van der Waals surface area (Å²) >= 11 is 1.58. The maximum atomic E-state index is 11.5. The number of rotatable bonds is 5. The van der Waals surface area contributed by atoms with Crippen molar-refractivity contribution in [1.82, 2.24) is 19.6 Å². The van der Waals surface area contributed by atoms with Gasteiger partial charge in [-0.3, -0.25) is 0 Å². The van der Waals surface area contributed by atoms with Crippen LogP contribution in [0.15, 0.2) is 10.9 Å². The van der Waals surface area contributed by atoms with Gasteiger partial charge in [0, 0.05) is 18.4 Å². The number of thioether (sulfide) groups is 1. The normalized spacial score (nSPS) is 14.5. The summed E-state index contributed by atoms with van der Waals surface area (Å²) in [6, 6.07) is 1.67. The van der Waals surface area contributed by atoms with Crippen molar-refractivity contribution in [3.63, 3.8) is 0 Å². The molecule has 2 aromatic rings. The molecule has 0 bridgehead atoms. The van der Waals surface area contributed by atoms with E-state index in [2.05, 4.69) is 20.5 Å². The number of aryl methyl sites for hydroxylation is 1. The minimum atomic E-state index is -0.813. The third kappa shape index (κ3) is 3.07. The van der Waals surface area contributed by atoms with Gasteiger partial charge in [0.15, 0.2) is 5.65 Å². The number of nitrogens with one attached hydrogen (secondary N) is 2. The van der Waals surface area contributed by atoms with E-state index in [0.29, 0.717) is 29.6 Å². The summed E-state index contributed by atoms with van der Waals surface area (Å²) in [5, 5.41) is 19.4. The van der Waals surface area contributed by atoms with Gasteiger partial charge in [-0.05, 0) is 20.1 Å². The first-order valence-corrected chi connectivity index (χ1v) is 7.22. The first-order valence-electron chi connectivity index (χ1n) is 5.83. The molecule has 0 saturated carbocycles. The van der Waals surface area contributed by atoms with E-state index in [4.69, 9.17) is 0 Å². The van der Waals surface area contributed by atoms with Crippen LogP contribution in [-0.4, -0.2) is 48.8 Å². The predicted octanol–water partition coefficient (Wildman–Crippen LogP) is 0.252. The maximum Gasteiger partial charge on any atom is 0.349 e. The van der Waals surface area contributed by atoms with Gasteiger partial charge in [0.1, 0.15) is 11.6 Å². The van der Waals surface area contributed by atoms with Gasteiger partial charge in [-0.1, -0.05) is 0 Å². The van der Waals surface area contributed by atoms with Crippen LogP contribution in [-0.2, 0) is 0 Å². The Kier molecular flexibility index (Phi) is 3.81. The number of anilines is 1. The van der Waals surface area contributed by atoms with Gasteiger partial charge in [-0.15, -0.1) is 0 Å². The molecule has 0 fully saturated rings. The molecule has 3 N–H and O–H groups in total. The summed E-state index contributed by atoms with van der Waals surface area (Å²) in [5.41, 5.74) is -0.614. The van der Waals surface area contributed by atoms with Crippen LogP contribution in [0.2, 0.25) is 0 Å². The van der Waals surface area contributed by atoms with Gasteiger partial charge in [0.2, 0.25) is 0 Å². The molecule has 104 valence electrons. The van der Waals surface area contributed by atoms with Gasteiger partial charge >= 0.3 is 5.69 Å². The molecule has 0 radical (unpaired) electrons. The number of H-pyrrole nitrogens is 1. The maximum absolute atomic E-state index is 11.5. The molecular formula is C11H17N5O2S. The second-order valence-corrected chi connectivity index (χ2v) is 5.56. The van der Waals surface area contributed by atoms with E-state index in [-0.39, 0.29) is 5.69 Å². The van der Waals surface area contributed by atoms with Crippen molar-refractivity contribution in [2.24, 2.45) is 0 Å². The Balaban J connectivity index is 2.20. The molecule has 0 aliphatic heterocycles. The summed E-state index contributed by atoms with van der Waals surface area (Å²) in [6.07, 6.45) is 1.94. The molecule has 1 atom stereocenters. The average molecular weight is 283 g/mol. The molecule has 0 aromatic carbocycles. The number of aromatic amines is 1. The van der Waals surface area contributed by atoms with Crippen molar-refractivity contribution >= 4 is 23.2 Å². The zero-order chi connectivity index (χ0) is 14.0. The number of hydrogen-bond acceptors (Lipinski definition) is 6. The lowest BCUT2D eigenvalue weighted by molar-refractivity contribution is 0.0996. The van der Waals surface area contributed by atoms with Crippen molar-refractivity contribution in [3.05, 3.63) is 22.4 Å². The van der Waals surface area contributed by atoms with Crippen LogP contribution < -0.4 is 11.0 Å². The smallest absolute Gasteiger partial charge is 0.349 e. The molecule has 2 heterocycles. The monoisotopic (exact) mass is 283 g/mol. The fourth-order valence-electron chi connectivity index (χ4n) is 1.83. The second-order valence-electron chi connectivity index (χ2n) is 4.69. The molecule has 0 spiro atoms. The molecule has 0 amide bonds. The Hall–Kier alpha value is -1.54. The third-order valence-corrected chi connectivity index (χ3v) is 3.59. The highest BCUT2D eigenvalue weighted by Crippen LogP contribution is 2.13. The van der Waals surface area contributed by atoms with Crippen LogP contribution >= 0.6 is 11.8 Å². The molecule has 19 heavy (non-hydrogen) atoms. The number of fused-ring (bicyclic) bond motifs is 1. The van der Waals surface area contributed by atoms with Crippen LogP contribution in [0.5, 0.6) is 0 Å². The zero-order valence-electron chi connectivity index (χ0n) is 11.1. The Labute approximate surface area is 114 Å². The summed E-state index contributed by atoms with van der Waals surface area (Å²) in [7, 11) is 0. The Bertz CT molecular complexity index is 634. The van der Waals surface area contributed by atoms with E-state index in [1.165, 1.54) is 4.40 Å². The van der Waals surface area contributed by atoms with Crippen LogP contribution in [0.3, 0.4) is 0 Å². The fourth-order valence-corrected chi connectivity index (χ4v) is 2.56. The molecular weight excluding hydrogens is 266 g/mol. The zero-order valence-corrected chi connectivity index (χ0v) is 11.9. The van der Waals surface area contributed by atoms with Crippen molar-refractivity contribution < 1.29 is 5.11 Å². The molecule has 1 unspecified atom stereocenters. The Morgan fingerprint density at radius 2 is 2.37 bits per heavy atom. The van der Waals surface area contributed by atoms with Crippen LogP contribution in [0.4, 0.5) is 5.82 Å². The van der Waals surface area contributed by atoms with Crippen LogP contribution in [0.1, 0.15) is 12.7 Å². The quantitative estimate of drug-likeness (QED) is 0.728. The topological polar surface area (TPSA) is 95.3 Å². The first-order chi connectivity index (χ1) is 8.93.